The minimum atomic E-state index is 0.240. The number of oxazole rings is 1. The number of hydrogen-bond acceptors (Lipinski definition) is 3. The smallest absolute Gasteiger partial charge is 0.223 e. The van der Waals surface area contributed by atoms with E-state index in [0.29, 0.717) is 47.5 Å². The van der Waals surface area contributed by atoms with Gasteiger partial charge >= 0.3 is 0 Å². The number of carbonyl (C=O) groups excluding carboxylic acids is 1. The largest absolute Gasteiger partial charge is 0.441 e. The zero-order chi connectivity index (χ0) is 18.1. The van der Waals surface area contributed by atoms with Crippen LogP contribution in [0.5, 0.6) is 0 Å². The number of nitrogens with zero attached hydrogens (tertiary/aromatic N) is 2. The van der Waals surface area contributed by atoms with Gasteiger partial charge in [-0.1, -0.05) is 36.6 Å². The highest BCUT2D eigenvalue weighted by Gasteiger charge is 2.42. The van der Waals surface area contributed by atoms with Gasteiger partial charge in [0.15, 0.2) is 11.7 Å². The predicted octanol–water partition coefficient (Wildman–Crippen LogP) is 5.11. The summed E-state index contributed by atoms with van der Waals surface area (Å²) in [6, 6.07) is 8.36. The van der Waals surface area contributed by atoms with Crippen LogP contribution >= 0.6 is 11.6 Å². The van der Waals surface area contributed by atoms with Crippen LogP contribution in [-0.2, 0) is 11.2 Å². The van der Waals surface area contributed by atoms with Gasteiger partial charge in [0.2, 0.25) is 5.91 Å². The number of aryl methyl sites for hydroxylation is 1. The highest BCUT2D eigenvalue weighted by molar-refractivity contribution is 6.33. The van der Waals surface area contributed by atoms with Gasteiger partial charge < -0.3 is 9.32 Å². The number of carbonyl (C=O) groups is 1. The fourth-order valence-corrected chi connectivity index (χ4v) is 4.92. The van der Waals surface area contributed by atoms with E-state index in [9.17, 15) is 4.79 Å². The van der Waals surface area contributed by atoms with Crippen molar-refractivity contribution in [2.75, 3.05) is 0 Å². The average molecular weight is 373 g/mol. The Hall–Kier alpha value is -1.81. The lowest BCUT2D eigenvalue weighted by Crippen LogP contribution is -2.42. The molecule has 1 saturated heterocycles. The molecule has 1 aromatic carbocycles. The van der Waals surface area contributed by atoms with E-state index in [4.69, 9.17) is 16.0 Å². The van der Waals surface area contributed by atoms with Gasteiger partial charge in [-0.25, -0.2) is 4.98 Å². The first kappa shape index (κ1) is 17.6. The van der Waals surface area contributed by atoms with Crippen LogP contribution < -0.4 is 0 Å². The molecular formula is C21H25ClN2O2. The summed E-state index contributed by atoms with van der Waals surface area (Å²) in [5.41, 5.74) is 0.831. The first-order valence-electron chi connectivity index (χ1n) is 9.64. The fraction of sp³-hybridized carbons (Fsp3) is 0.524. The quantitative estimate of drug-likeness (QED) is 0.749. The van der Waals surface area contributed by atoms with Crippen LogP contribution in [0.1, 0.15) is 51.3 Å². The van der Waals surface area contributed by atoms with Gasteiger partial charge in [-0.15, -0.1) is 0 Å². The molecule has 0 bridgehead atoms. The molecule has 1 amide bonds. The second kappa shape index (κ2) is 7.43. The number of amides is 1. The Bertz CT molecular complexity index is 788. The third-order valence-corrected chi connectivity index (χ3v) is 6.21. The topological polar surface area (TPSA) is 46.3 Å². The van der Waals surface area contributed by atoms with Gasteiger partial charge in [-0.05, 0) is 44.2 Å². The Morgan fingerprint density at radius 3 is 2.96 bits per heavy atom. The van der Waals surface area contributed by atoms with E-state index in [0.717, 1.165) is 18.4 Å². The summed E-state index contributed by atoms with van der Waals surface area (Å²) in [5, 5.41) is 0.639. The van der Waals surface area contributed by atoms with Gasteiger partial charge in [0, 0.05) is 30.5 Å². The molecule has 5 heteroatoms. The molecule has 2 heterocycles. The first-order chi connectivity index (χ1) is 12.6. The van der Waals surface area contributed by atoms with Crippen LogP contribution in [0.2, 0.25) is 5.02 Å². The average Bonchev–Trinajstić information content (AvgIpc) is 3.23. The monoisotopic (exact) mass is 372 g/mol. The maximum absolute atomic E-state index is 12.9. The van der Waals surface area contributed by atoms with Crippen LogP contribution in [0.3, 0.4) is 0 Å². The summed E-state index contributed by atoms with van der Waals surface area (Å²) in [5.74, 6) is 2.20. The van der Waals surface area contributed by atoms with Crippen LogP contribution in [0.15, 0.2) is 34.9 Å². The molecule has 4 rings (SSSR count). The minimum Gasteiger partial charge on any atom is -0.441 e. The molecular weight excluding hydrogens is 348 g/mol. The molecule has 1 saturated carbocycles. The molecule has 1 aliphatic heterocycles. The summed E-state index contributed by atoms with van der Waals surface area (Å²) >= 11 is 6.21. The molecule has 0 N–H and O–H groups in total. The van der Waals surface area contributed by atoms with Gasteiger partial charge in [-0.3, -0.25) is 4.79 Å². The molecule has 4 nitrogen and oxygen atoms in total. The second-order valence-electron chi connectivity index (χ2n) is 7.60. The molecule has 0 spiro atoms. The second-order valence-corrected chi connectivity index (χ2v) is 8.00. The van der Waals surface area contributed by atoms with Crippen molar-refractivity contribution in [3.05, 3.63) is 41.4 Å². The molecule has 3 unspecified atom stereocenters. The van der Waals surface area contributed by atoms with Crippen molar-refractivity contribution in [2.24, 2.45) is 5.92 Å². The van der Waals surface area contributed by atoms with Crippen molar-refractivity contribution in [2.45, 2.75) is 64.0 Å². The number of rotatable bonds is 4. The highest BCUT2D eigenvalue weighted by atomic mass is 35.5. The molecule has 26 heavy (non-hydrogen) atoms. The summed E-state index contributed by atoms with van der Waals surface area (Å²) in [6.45, 7) is 2.19. The normalized spacial score (nSPS) is 25.3. The zero-order valence-corrected chi connectivity index (χ0v) is 15.9. The van der Waals surface area contributed by atoms with E-state index in [-0.39, 0.29) is 5.91 Å². The summed E-state index contributed by atoms with van der Waals surface area (Å²) in [4.78, 5) is 19.3. The number of likely N-dealkylation sites (tertiary alicyclic amines) is 1. The van der Waals surface area contributed by atoms with Gasteiger partial charge in [0.25, 0.3) is 0 Å². The van der Waals surface area contributed by atoms with Gasteiger partial charge in [0.05, 0.1) is 11.2 Å². The Kier molecular flexibility index (Phi) is 5.03. The van der Waals surface area contributed by atoms with E-state index in [2.05, 4.69) is 16.8 Å². The molecule has 2 aliphatic rings. The van der Waals surface area contributed by atoms with E-state index in [1.54, 1.807) is 6.20 Å². The zero-order valence-electron chi connectivity index (χ0n) is 15.2. The van der Waals surface area contributed by atoms with Crippen LogP contribution in [0.4, 0.5) is 0 Å². The third kappa shape index (κ3) is 3.39. The van der Waals surface area contributed by atoms with Crippen molar-refractivity contribution in [3.8, 4) is 11.3 Å². The Balaban J connectivity index is 1.40. The van der Waals surface area contributed by atoms with Crippen molar-refractivity contribution in [1.29, 1.82) is 0 Å². The van der Waals surface area contributed by atoms with Crippen molar-refractivity contribution in [3.63, 3.8) is 0 Å². The molecule has 2 fully saturated rings. The van der Waals surface area contributed by atoms with E-state index < -0.39 is 0 Å². The number of benzene rings is 1. The fourth-order valence-electron chi connectivity index (χ4n) is 4.69. The summed E-state index contributed by atoms with van der Waals surface area (Å²) in [7, 11) is 0. The molecule has 3 atom stereocenters. The lowest BCUT2D eigenvalue weighted by molar-refractivity contribution is -0.134. The van der Waals surface area contributed by atoms with Crippen LogP contribution in [0.25, 0.3) is 11.3 Å². The molecule has 138 valence electrons. The highest BCUT2D eigenvalue weighted by Crippen LogP contribution is 2.40. The molecule has 2 aromatic rings. The van der Waals surface area contributed by atoms with Crippen molar-refractivity contribution in [1.82, 2.24) is 9.88 Å². The standard InChI is InChI=1S/C21H25ClN2O2/c1-14-12-15-6-2-5-9-18(15)24(14)21(25)11-10-20-23-13-19(26-20)16-7-3-4-8-17(16)22/h3-4,7-8,13-15,18H,2,5-6,9-12H2,1H3. The first-order valence-corrected chi connectivity index (χ1v) is 10.0. The maximum atomic E-state index is 12.9. The minimum absolute atomic E-state index is 0.240. The number of aromatic nitrogens is 1. The van der Waals surface area contributed by atoms with E-state index in [1.807, 2.05) is 24.3 Å². The Morgan fingerprint density at radius 2 is 2.12 bits per heavy atom. The summed E-state index contributed by atoms with van der Waals surface area (Å²) in [6.07, 6.45) is 8.84. The lowest BCUT2D eigenvalue weighted by atomic mass is 9.85. The maximum Gasteiger partial charge on any atom is 0.223 e. The molecule has 1 aliphatic carbocycles. The van der Waals surface area contributed by atoms with E-state index in [1.165, 1.54) is 19.3 Å². The van der Waals surface area contributed by atoms with Crippen LogP contribution in [0, 0.1) is 5.92 Å². The SMILES string of the molecule is CC1CC2CCCCC2N1C(=O)CCc1ncc(-c2ccccc2Cl)o1. The van der Waals surface area contributed by atoms with Crippen molar-refractivity contribution < 1.29 is 9.21 Å². The number of halogens is 1. The van der Waals surface area contributed by atoms with Gasteiger partial charge in [0.1, 0.15) is 0 Å². The lowest BCUT2D eigenvalue weighted by Gasteiger charge is -2.33. The van der Waals surface area contributed by atoms with E-state index >= 15 is 0 Å². The Labute approximate surface area is 159 Å². The third-order valence-electron chi connectivity index (χ3n) is 5.88. The van der Waals surface area contributed by atoms with Crippen LogP contribution in [-0.4, -0.2) is 27.9 Å². The van der Waals surface area contributed by atoms with Gasteiger partial charge in [-0.2, -0.15) is 0 Å². The molecule has 0 radical (unpaired) electrons. The Morgan fingerprint density at radius 1 is 1.31 bits per heavy atom. The summed E-state index contributed by atoms with van der Waals surface area (Å²) < 4.78 is 5.83. The number of fused-ring (bicyclic) bond motifs is 1. The van der Waals surface area contributed by atoms with Crippen molar-refractivity contribution >= 4 is 17.5 Å². The predicted molar refractivity (Wildman–Crippen MR) is 102 cm³/mol. The molecule has 1 aromatic heterocycles. The number of hydrogen-bond donors (Lipinski definition) is 0.